The summed E-state index contributed by atoms with van der Waals surface area (Å²) in [6.07, 6.45) is 12.2. The molecule has 2 atom stereocenters. The average molecular weight is 221 g/mol. The van der Waals surface area contributed by atoms with Crippen LogP contribution in [0.15, 0.2) is 11.6 Å². The maximum Gasteiger partial charge on any atom is 0.0310 e. The van der Waals surface area contributed by atoms with Gasteiger partial charge in [-0.05, 0) is 50.5 Å². The number of hydrogen-bond donors (Lipinski definition) is 1. The van der Waals surface area contributed by atoms with Gasteiger partial charge < -0.3 is 5.32 Å². The molecular weight excluding hydrogens is 194 g/mol. The highest BCUT2D eigenvalue weighted by Gasteiger charge is 2.50. The van der Waals surface area contributed by atoms with Crippen molar-refractivity contribution in [2.24, 2.45) is 11.3 Å². The molecule has 16 heavy (non-hydrogen) atoms. The highest BCUT2D eigenvalue weighted by atomic mass is 14.9. The minimum absolute atomic E-state index is 0.580. The molecule has 0 aromatic rings. The van der Waals surface area contributed by atoms with Crippen LogP contribution in [-0.4, -0.2) is 13.1 Å². The zero-order chi connectivity index (χ0) is 11.6. The van der Waals surface area contributed by atoms with Crippen LogP contribution in [0.3, 0.4) is 0 Å². The number of likely N-dealkylation sites (N-methyl/N-ethyl adjacent to an activating group) is 1. The molecule has 0 heterocycles. The van der Waals surface area contributed by atoms with Crippen LogP contribution < -0.4 is 5.32 Å². The Hall–Kier alpha value is -0.300. The van der Waals surface area contributed by atoms with Crippen LogP contribution in [0.25, 0.3) is 0 Å². The fourth-order valence-corrected chi connectivity index (χ4v) is 3.22. The normalized spacial score (nSPS) is 31.2. The van der Waals surface area contributed by atoms with Gasteiger partial charge >= 0.3 is 0 Å². The van der Waals surface area contributed by atoms with E-state index in [0.717, 1.165) is 5.92 Å². The van der Waals surface area contributed by atoms with E-state index in [4.69, 9.17) is 0 Å². The fourth-order valence-electron chi connectivity index (χ4n) is 3.22. The molecule has 2 aliphatic carbocycles. The summed E-state index contributed by atoms with van der Waals surface area (Å²) in [5, 5.41) is 3.57. The molecule has 0 aromatic heterocycles. The molecule has 2 unspecified atom stereocenters. The first-order chi connectivity index (χ1) is 7.65. The molecule has 1 fully saturated rings. The van der Waals surface area contributed by atoms with Crippen LogP contribution >= 0.6 is 0 Å². The van der Waals surface area contributed by atoms with Crippen molar-refractivity contribution in [1.29, 1.82) is 0 Å². The Morgan fingerprint density at radius 3 is 2.56 bits per heavy atom. The lowest BCUT2D eigenvalue weighted by Crippen LogP contribution is -2.31. The van der Waals surface area contributed by atoms with Crippen molar-refractivity contribution in [3.05, 3.63) is 11.6 Å². The van der Waals surface area contributed by atoms with Crippen molar-refractivity contribution in [3.8, 4) is 0 Å². The minimum Gasteiger partial charge on any atom is -0.313 e. The third-order valence-corrected chi connectivity index (χ3v) is 4.53. The molecule has 0 aliphatic heterocycles. The summed E-state index contributed by atoms with van der Waals surface area (Å²) in [6, 6.07) is 0.660. The van der Waals surface area contributed by atoms with E-state index in [0.29, 0.717) is 11.5 Å². The average Bonchev–Trinajstić information content (AvgIpc) is 2.79. The van der Waals surface area contributed by atoms with Gasteiger partial charge in [-0.2, -0.15) is 0 Å². The molecule has 0 radical (unpaired) electrons. The smallest absolute Gasteiger partial charge is 0.0310 e. The van der Waals surface area contributed by atoms with Gasteiger partial charge in [0.05, 0.1) is 0 Å². The van der Waals surface area contributed by atoms with Gasteiger partial charge in [-0.3, -0.25) is 0 Å². The van der Waals surface area contributed by atoms with Crippen molar-refractivity contribution in [2.75, 3.05) is 7.05 Å². The lowest BCUT2D eigenvalue weighted by molar-refractivity contribution is 0.451. The summed E-state index contributed by atoms with van der Waals surface area (Å²) in [5.74, 6) is 0.878. The Bertz CT molecular complexity index is 265. The van der Waals surface area contributed by atoms with Crippen molar-refractivity contribution >= 4 is 0 Å². The van der Waals surface area contributed by atoms with Crippen LogP contribution in [-0.2, 0) is 0 Å². The molecule has 2 rings (SSSR count). The molecule has 2 aliphatic rings. The number of rotatable bonds is 3. The van der Waals surface area contributed by atoms with Gasteiger partial charge in [0.25, 0.3) is 0 Å². The predicted molar refractivity (Wildman–Crippen MR) is 70.5 cm³/mol. The number of allylic oxidation sites excluding steroid dienone is 1. The first kappa shape index (κ1) is 12.2. The molecule has 0 spiro atoms. The van der Waals surface area contributed by atoms with Gasteiger partial charge in [-0.1, -0.05) is 38.3 Å². The summed E-state index contributed by atoms with van der Waals surface area (Å²) < 4.78 is 0. The van der Waals surface area contributed by atoms with Crippen LogP contribution in [0.5, 0.6) is 0 Å². The summed E-state index contributed by atoms with van der Waals surface area (Å²) in [4.78, 5) is 0. The Morgan fingerprint density at radius 2 is 1.94 bits per heavy atom. The second-order valence-corrected chi connectivity index (χ2v) is 6.30. The second-order valence-electron chi connectivity index (χ2n) is 6.30. The van der Waals surface area contributed by atoms with Gasteiger partial charge in [-0.15, -0.1) is 0 Å². The summed E-state index contributed by atoms with van der Waals surface area (Å²) >= 11 is 0. The predicted octanol–water partition coefficient (Wildman–Crippen LogP) is 3.90. The van der Waals surface area contributed by atoms with E-state index in [1.165, 1.54) is 44.9 Å². The standard InChI is InChI=1S/C15H27N/c1-15(2)11-13(15)14(16-3)12-9-7-5-4-6-8-10-12/h9,13-14,16H,4-8,10-11H2,1-3H3. The largest absolute Gasteiger partial charge is 0.313 e. The molecule has 0 saturated heterocycles. The second kappa shape index (κ2) is 4.91. The topological polar surface area (TPSA) is 12.0 Å². The van der Waals surface area contributed by atoms with Gasteiger partial charge in [0, 0.05) is 6.04 Å². The number of nitrogens with one attached hydrogen (secondary N) is 1. The van der Waals surface area contributed by atoms with E-state index < -0.39 is 0 Å². The third-order valence-electron chi connectivity index (χ3n) is 4.53. The highest BCUT2D eigenvalue weighted by molar-refractivity contribution is 5.19. The van der Waals surface area contributed by atoms with Gasteiger partial charge in [0.1, 0.15) is 0 Å². The molecule has 0 bridgehead atoms. The monoisotopic (exact) mass is 221 g/mol. The summed E-state index contributed by atoms with van der Waals surface area (Å²) in [5.41, 5.74) is 2.29. The van der Waals surface area contributed by atoms with Crippen LogP contribution in [0.2, 0.25) is 0 Å². The third kappa shape index (κ3) is 2.68. The van der Waals surface area contributed by atoms with Crippen molar-refractivity contribution in [1.82, 2.24) is 5.32 Å². The lowest BCUT2D eigenvalue weighted by Gasteiger charge is -2.23. The van der Waals surface area contributed by atoms with E-state index in [9.17, 15) is 0 Å². The highest BCUT2D eigenvalue weighted by Crippen LogP contribution is 2.55. The maximum absolute atomic E-state index is 3.57. The summed E-state index contributed by atoms with van der Waals surface area (Å²) in [6.45, 7) is 4.82. The van der Waals surface area contributed by atoms with E-state index in [1.54, 1.807) is 5.57 Å². The van der Waals surface area contributed by atoms with E-state index in [1.807, 2.05) is 0 Å². The van der Waals surface area contributed by atoms with Crippen LogP contribution in [0.4, 0.5) is 0 Å². The van der Waals surface area contributed by atoms with Gasteiger partial charge in [-0.25, -0.2) is 0 Å². The first-order valence-electron chi connectivity index (χ1n) is 7.01. The summed E-state index contributed by atoms with van der Waals surface area (Å²) in [7, 11) is 2.14. The van der Waals surface area contributed by atoms with E-state index in [-0.39, 0.29) is 0 Å². The van der Waals surface area contributed by atoms with Crippen molar-refractivity contribution < 1.29 is 0 Å². The molecular formula is C15H27N. The molecule has 0 amide bonds. The SMILES string of the molecule is CNC(C1=CCCCCCC1)C1CC1(C)C. The van der Waals surface area contributed by atoms with Crippen LogP contribution in [0.1, 0.15) is 58.8 Å². The zero-order valence-corrected chi connectivity index (χ0v) is 11.2. The van der Waals surface area contributed by atoms with Crippen LogP contribution in [0, 0.1) is 11.3 Å². The first-order valence-corrected chi connectivity index (χ1v) is 7.01. The Morgan fingerprint density at radius 1 is 1.25 bits per heavy atom. The van der Waals surface area contributed by atoms with Crippen molar-refractivity contribution in [3.63, 3.8) is 0 Å². The molecule has 1 heteroatoms. The van der Waals surface area contributed by atoms with Crippen molar-refractivity contribution in [2.45, 2.75) is 64.8 Å². The lowest BCUT2D eigenvalue weighted by atomic mass is 9.90. The molecule has 92 valence electrons. The Kier molecular flexibility index (Phi) is 3.73. The fraction of sp³-hybridized carbons (Fsp3) is 0.867. The van der Waals surface area contributed by atoms with E-state index in [2.05, 4.69) is 32.3 Å². The molecule has 0 aromatic carbocycles. The number of hydrogen-bond acceptors (Lipinski definition) is 1. The van der Waals surface area contributed by atoms with Gasteiger partial charge in [0.15, 0.2) is 0 Å². The molecule has 1 nitrogen and oxygen atoms in total. The molecule has 1 saturated carbocycles. The molecule has 1 N–H and O–H groups in total. The Balaban J connectivity index is 2.02. The quantitative estimate of drug-likeness (QED) is 0.713. The Labute approximate surface area is 101 Å². The van der Waals surface area contributed by atoms with Gasteiger partial charge in [0.2, 0.25) is 0 Å². The van der Waals surface area contributed by atoms with E-state index >= 15 is 0 Å². The zero-order valence-electron chi connectivity index (χ0n) is 11.2. The minimum atomic E-state index is 0.580. The maximum atomic E-state index is 3.57.